The summed E-state index contributed by atoms with van der Waals surface area (Å²) in [5.74, 6) is -0.599. The second-order valence-corrected chi connectivity index (χ2v) is 7.44. The Morgan fingerprint density at radius 1 is 1.36 bits per heavy atom. The van der Waals surface area contributed by atoms with Crippen LogP contribution in [0.2, 0.25) is 0 Å². The summed E-state index contributed by atoms with van der Waals surface area (Å²) >= 11 is 0. The van der Waals surface area contributed by atoms with Gasteiger partial charge in [-0.15, -0.1) is 12.4 Å². The highest BCUT2D eigenvalue weighted by Gasteiger charge is 2.35. The molecule has 5 nitrogen and oxygen atoms in total. The lowest BCUT2D eigenvalue weighted by molar-refractivity contribution is -0.137. The van der Waals surface area contributed by atoms with Gasteiger partial charge >= 0.3 is 6.18 Å². The fourth-order valence-corrected chi connectivity index (χ4v) is 3.27. The van der Waals surface area contributed by atoms with Crippen molar-refractivity contribution in [2.24, 2.45) is 17.6 Å². The van der Waals surface area contributed by atoms with Crippen molar-refractivity contribution in [1.29, 1.82) is 0 Å². The first-order valence-corrected chi connectivity index (χ1v) is 9.04. The lowest BCUT2D eigenvalue weighted by Gasteiger charge is -2.21. The van der Waals surface area contributed by atoms with E-state index in [1.807, 2.05) is 13.8 Å². The Morgan fingerprint density at radius 3 is 2.61 bits per heavy atom. The van der Waals surface area contributed by atoms with Crippen LogP contribution < -0.4 is 11.1 Å². The van der Waals surface area contributed by atoms with Gasteiger partial charge in [0.1, 0.15) is 0 Å². The average Bonchev–Trinajstić information content (AvgIpc) is 2.94. The molecule has 1 aliphatic heterocycles. The number of hydrogen-bond donors (Lipinski definition) is 2. The van der Waals surface area contributed by atoms with Crippen molar-refractivity contribution in [2.45, 2.75) is 45.5 Å². The number of likely N-dealkylation sites (tertiary alicyclic amines) is 1. The Bertz CT molecular complexity index is 683. The summed E-state index contributed by atoms with van der Waals surface area (Å²) in [5, 5.41) is 2.88. The predicted octanol–water partition coefficient (Wildman–Crippen LogP) is 2.97. The second kappa shape index (κ2) is 10.1. The van der Waals surface area contributed by atoms with Crippen LogP contribution in [0.1, 0.15) is 37.8 Å². The molecule has 1 aromatic rings. The molecule has 1 aliphatic rings. The Balaban J connectivity index is 0.00000392. The molecule has 1 aromatic carbocycles. The van der Waals surface area contributed by atoms with E-state index in [1.54, 1.807) is 6.07 Å². The Labute approximate surface area is 169 Å². The predicted molar refractivity (Wildman–Crippen MR) is 103 cm³/mol. The van der Waals surface area contributed by atoms with Crippen molar-refractivity contribution in [3.63, 3.8) is 0 Å². The van der Waals surface area contributed by atoms with E-state index in [0.717, 1.165) is 18.6 Å². The van der Waals surface area contributed by atoms with Gasteiger partial charge in [0, 0.05) is 32.1 Å². The standard InChI is InChI=1S/C19H26F3N3O2.ClH/c1-12(2)6-16(9-23)24-18(27)14-8-17(26)25(11-14)10-13-4-3-5-15(7-13)19(20,21)22;/h3-5,7,12,14,16H,6,8-11,23H2,1-2H3,(H,24,27);1H. The third-order valence-corrected chi connectivity index (χ3v) is 4.60. The number of benzene rings is 1. The number of nitrogens with two attached hydrogens (primary N) is 1. The zero-order chi connectivity index (χ0) is 20.2. The molecule has 0 radical (unpaired) electrons. The quantitative estimate of drug-likeness (QED) is 0.710. The van der Waals surface area contributed by atoms with E-state index >= 15 is 0 Å². The van der Waals surface area contributed by atoms with Crippen LogP contribution in [0.5, 0.6) is 0 Å². The Morgan fingerprint density at radius 2 is 2.04 bits per heavy atom. The fraction of sp³-hybridized carbons (Fsp3) is 0.579. The maximum absolute atomic E-state index is 12.8. The lowest BCUT2D eigenvalue weighted by Crippen LogP contribution is -2.44. The minimum absolute atomic E-state index is 0. The number of halogens is 4. The summed E-state index contributed by atoms with van der Waals surface area (Å²) in [4.78, 5) is 26.1. The highest BCUT2D eigenvalue weighted by atomic mass is 35.5. The van der Waals surface area contributed by atoms with Crippen LogP contribution in [0.3, 0.4) is 0 Å². The minimum atomic E-state index is -4.43. The molecule has 0 saturated carbocycles. The van der Waals surface area contributed by atoms with E-state index < -0.39 is 17.7 Å². The first kappa shape index (κ1) is 24.2. The smallest absolute Gasteiger partial charge is 0.352 e. The minimum Gasteiger partial charge on any atom is -0.352 e. The number of carbonyl (C=O) groups excluding carboxylic acids is 2. The SMILES string of the molecule is CC(C)CC(CN)NC(=O)C1CC(=O)N(Cc2cccc(C(F)(F)F)c2)C1.Cl. The molecule has 1 heterocycles. The number of rotatable bonds is 7. The maximum atomic E-state index is 12.8. The van der Waals surface area contributed by atoms with Gasteiger partial charge in [0.2, 0.25) is 11.8 Å². The monoisotopic (exact) mass is 421 g/mol. The van der Waals surface area contributed by atoms with Gasteiger partial charge in [-0.3, -0.25) is 9.59 Å². The molecule has 1 fully saturated rings. The van der Waals surface area contributed by atoms with Crippen molar-refractivity contribution in [2.75, 3.05) is 13.1 Å². The summed E-state index contributed by atoms with van der Waals surface area (Å²) in [6.45, 7) is 4.63. The molecule has 2 atom stereocenters. The summed E-state index contributed by atoms with van der Waals surface area (Å²) in [5.41, 5.74) is 5.33. The molecule has 3 N–H and O–H groups in total. The highest BCUT2D eigenvalue weighted by Crippen LogP contribution is 2.30. The van der Waals surface area contributed by atoms with Crippen LogP contribution in [0, 0.1) is 11.8 Å². The Hall–Kier alpha value is -1.80. The van der Waals surface area contributed by atoms with Gasteiger partial charge in [-0.25, -0.2) is 0 Å². The van der Waals surface area contributed by atoms with E-state index in [2.05, 4.69) is 5.32 Å². The highest BCUT2D eigenvalue weighted by molar-refractivity contribution is 5.89. The first-order valence-electron chi connectivity index (χ1n) is 9.04. The van der Waals surface area contributed by atoms with Gasteiger partial charge in [0.05, 0.1) is 11.5 Å². The molecule has 2 unspecified atom stereocenters. The van der Waals surface area contributed by atoms with Crippen LogP contribution >= 0.6 is 12.4 Å². The largest absolute Gasteiger partial charge is 0.416 e. The molecule has 0 spiro atoms. The number of alkyl halides is 3. The van der Waals surface area contributed by atoms with Crippen LogP contribution in [0.25, 0.3) is 0 Å². The zero-order valence-corrected chi connectivity index (χ0v) is 16.8. The number of nitrogens with one attached hydrogen (secondary N) is 1. The van der Waals surface area contributed by atoms with Crippen LogP contribution in [0.15, 0.2) is 24.3 Å². The third-order valence-electron chi connectivity index (χ3n) is 4.60. The Kier molecular flexibility index (Phi) is 8.75. The molecule has 2 rings (SSSR count). The van der Waals surface area contributed by atoms with Gasteiger partial charge in [0.15, 0.2) is 0 Å². The molecule has 0 aliphatic carbocycles. The molecule has 9 heteroatoms. The van der Waals surface area contributed by atoms with Crippen LogP contribution in [-0.2, 0) is 22.3 Å². The summed E-state index contributed by atoms with van der Waals surface area (Å²) < 4.78 is 38.5. The zero-order valence-electron chi connectivity index (χ0n) is 16.0. The van der Waals surface area contributed by atoms with Crippen molar-refractivity contribution in [3.05, 3.63) is 35.4 Å². The molecule has 158 valence electrons. The van der Waals surface area contributed by atoms with Gasteiger partial charge in [0.25, 0.3) is 0 Å². The average molecular weight is 422 g/mol. The number of amides is 2. The summed E-state index contributed by atoms with van der Waals surface area (Å²) in [6, 6.07) is 4.75. The molecule has 1 saturated heterocycles. The van der Waals surface area contributed by atoms with Crippen LogP contribution in [-0.4, -0.2) is 35.8 Å². The molecule has 0 bridgehead atoms. The van der Waals surface area contributed by atoms with E-state index in [-0.39, 0.29) is 49.8 Å². The number of carbonyl (C=O) groups is 2. The van der Waals surface area contributed by atoms with Crippen molar-refractivity contribution >= 4 is 24.2 Å². The second-order valence-electron chi connectivity index (χ2n) is 7.44. The first-order chi connectivity index (χ1) is 12.6. The number of nitrogens with zero attached hydrogens (tertiary/aromatic N) is 1. The summed E-state index contributed by atoms with van der Waals surface area (Å²) in [7, 11) is 0. The van der Waals surface area contributed by atoms with Gasteiger partial charge < -0.3 is 16.0 Å². The van der Waals surface area contributed by atoms with Crippen molar-refractivity contribution in [3.8, 4) is 0 Å². The van der Waals surface area contributed by atoms with E-state index in [1.165, 1.54) is 11.0 Å². The molecule has 28 heavy (non-hydrogen) atoms. The maximum Gasteiger partial charge on any atom is 0.416 e. The van der Waals surface area contributed by atoms with Crippen molar-refractivity contribution < 1.29 is 22.8 Å². The van der Waals surface area contributed by atoms with E-state index in [9.17, 15) is 22.8 Å². The van der Waals surface area contributed by atoms with E-state index in [4.69, 9.17) is 5.73 Å². The fourth-order valence-electron chi connectivity index (χ4n) is 3.27. The van der Waals surface area contributed by atoms with E-state index in [0.29, 0.717) is 18.0 Å². The normalized spacial score (nSPS) is 18.2. The van der Waals surface area contributed by atoms with Gasteiger partial charge in [-0.05, 0) is 30.0 Å². The summed E-state index contributed by atoms with van der Waals surface area (Å²) in [6.07, 6.45) is -3.62. The van der Waals surface area contributed by atoms with Gasteiger partial charge in [-0.1, -0.05) is 26.0 Å². The molecule has 2 amide bonds. The molecule has 0 aromatic heterocycles. The lowest BCUT2D eigenvalue weighted by atomic mass is 10.0. The van der Waals surface area contributed by atoms with Crippen molar-refractivity contribution in [1.82, 2.24) is 10.2 Å². The number of hydrogen-bond acceptors (Lipinski definition) is 3. The topological polar surface area (TPSA) is 75.4 Å². The third kappa shape index (κ3) is 6.67. The molecular formula is C19H27ClF3N3O2. The van der Waals surface area contributed by atoms with Crippen LogP contribution in [0.4, 0.5) is 13.2 Å². The molecular weight excluding hydrogens is 395 g/mol. The van der Waals surface area contributed by atoms with Gasteiger partial charge in [-0.2, -0.15) is 13.2 Å².